The van der Waals surface area contributed by atoms with Crippen molar-refractivity contribution < 1.29 is 14.6 Å². The molecule has 0 spiro atoms. The summed E-state index contributed by atoms with van der Waals surface area (Å²) in [5.41, 5.74) is -0.195. The van der Waals surface area contributed by atoms with Crippen molar-refractivity contribution in [2.75, 3.05) is 0 Å². The Kier molecular flexibility index (Phi) is 4.08. The van der Waals surface area contributed by atoms with Gasteiger partial charge in [0.15, 0.2) is 5.15 Å². The van der Waals surface area contributed by atoms with Gasteiger partial charge in [0.2, 0.25) is 0 Å². The van der Waals surface area contributed by atoms with Crippen LogP contribution in [0.15, 0.2) is 29.1 Å². The van der Waals surface area contributed by atoms with Gasteiger partial charge in [-0.2, -0.15) is 4.37 Å². The zero-order chi connectivity index (χ0) is 13.8. The first-order valence-corrected chi connectivity index (χ1v) is 6.18. The normalized spacial score (nSPS) is 10.2. The molecule has 19 heavy (non-hydrogen) atoms. The number of aliphatic carboxylic acids is 1. The topological polar surface area (TPSA) is 89.4 Å². The smallest absolute Gasteiger partial charge is 0.307 e. The predicted molar refractivity (Wildman–Crippen MR) is 69.0 cm³/mol. The maximum atomic E-state index is 11.6. The molecule has 98 valence electrons. The third-order valence-corrected chi connectivity index (χ3v) is 3.02. The molecule has 0 amide bonds. The quantitative estimate of drug-likeness (QED) is 0.928. The van der Waals surface area contributed by atoms with Gasteiger partial charge in [-0.05, 0) is 6.07 Å². The average Bonchev–Trinajstić information content (AvgIpc) is 2.36. The molecule has 0 aliphatic carbocycles. The van der Waals surface area contributed by atoms with E-state index in [0.717, 1.165) is 11.7 Å². The molecular formula is C11H7ClN2O4S. The van der Waals surface area contributed by atoms with Crippen LogP contribution in [0.3, 0.4) is 0 Å². The summed E-state index contributed by atoms with van der Waals surface area (Å²) in [4.78, 5) is 22.3. The van der Waals surface area contributed by atoms with Gasteiger partial charge >= 0.3 is 5.97 Å². The van der Waals surface area contributed by atoms with Crippen LogP contribution in [0.25, 0.3) is 0 Å². The SMILES string of the molecule is O=C(O)Cc1ccccc1Oc1nsnc(Cl)c1=O. The Morgan fingerprint density at radius 3 is 2.84 bits per heavy atom. The van der Waals surface area contributed by atoms with Crippen molar-refractivity contribution in [2.45, 2.75) is 6.42 Å². The van der Waals surface area contributed by atoms with Crippen LogP contribution < -0.4 is 10.2 Å². The van der Waals surface area contributed by atoms with E-state index in [-0.39, 0.29) is 23.2 Å². The van der Waals surface area contributed by atoms with Gasteiger partial charge in [-0.3, -0.25) is 9.59 Å². The van der Waals surface area contributed by atoms with E-state index in [1.54, 1.807) is 24.3 Å². The Bertz CT molecular complexity index is 674. The van der Waals surface area contributed by atoms with E-state index >= 15 is 0 Å². The molecule has 0 unspecified atom stereocenters. The van der Waals surface area contributed by atoms with E-state index in [9.17, 15) is 9.59 Å². The summed E-state index contributed by atoms with van der Waals surface area (Å²) in [6.07, 6.45) is -0.216. The van der Waals surface area contributed by atoms with Crippen LogP contribution in [-0.2, 0) is 11.2 Å². The molecule has 2 aromatic rings. The van der Waals surface area contributed by atoms with Gasteiger partial charge in [0.25, 0.3) is 11.3 Å². The minimum Gasteiger partial charge on any atom is -0.481 e. The maximum Gasteiger partial charge on any atom is 0.307 e. The lowest BCUT2D eigenvalue weighted by molar-refractivity contribution is -0.136. The van der Waals surface area contributed by atoms with Gasteiger partial charge in [-0.25, -0.2) is 0 Å². The molecule has 2 rings (SSSR count). The van der Waals surface area contributed by atoms with Crippen molar-refractivity contribution in [3.05, 3.63) is 45.2 Å². The predicted octanol–water partition coefficient (Wildman–Crippen LogP) is 1.97. The van der Waals surface area contributed by atoms with E-state index in [2.05, 4.69) is 8.75 Å². The van der Waals surface area contributed by atoms with Crippen LogP contribution >= 0.6 is 23.3 Å². The van der Waals surface area contributed by atoms with Gasteiger partial charge in [-0.1, -0.05) is 29.8 Å². The number of rotatable bonds is 4. The zero-order valence-electron chi connectivity index (χ0n) is 9.37. The first-order valence-electron chi connectivity index (χ1n) is 5.08. The van der Waals surface area contributed by atoms with Gasteiger partial charge in [0, 0.05) is 5.56 Å². The molecule has 6 nitrogen and oxygen atoms in total. The molecule has 0 bridgehead atoms. The molecule has 0 radical (unpaired) electrons. The second kappa shape index (κ2) is 5.77. The van der Waals surface area contributed by atoms with E-state index < -0.39 is 11.4 Å². The number of halogens is 1. The molecule has 1 heterocycles. The molecule has 0 atom stereocenters. The van der Waals surface area contributed by atoms with Crippen LogP contribution in [0, 0.1) is 0 Å². The summed E-state index contributed by atoms with van der Waals surface area (Å²) >= 11 is 6.31. The molecule has 0 aliphatic heterocycles. The second-order valence-corrected chi connectivity index (χ2v) is 4.36. The lowest BCUT2D eigenvalue weighted by Crippen LogP contribution is -2.09. The molecule has 8 heteroatoms. The van der Waals surface area contributed by atoms with Crippen LogP contribution in [0.1, 0.15) is 5.56 Å². The zero-order valence-corrected chi connectivity index (χ0v) is 10.9. The number of benzene rings is 1. The van der Waals surface area contributed by atoms with Crippen LogP contribution in [0.5, 0.6) is 11.6 Å². The maximum absolute atomic E-state index is 11.6. The van der Waals surface area contributed by atoms with E-state index in [1.165, 1.54) is 0 Å². The summed E-state index contributed by atoms with van der Waals surface area (Å²) < 4.78 is 12.6. The minimum absolute atomic E-state index is 0.216. The number of para-hydroxylation sites is 1. The number of carboxylic acids is 1. The number of ether oxygens (including phenoxy) is 1. The highest BCUT2D eigenvalue weighted by atomic mass is 35.5. The number of hydrogen-bond acceptors (Lipinski definition) is 6. The Balaban J connectivity index is 2.36. The fraction of sp³-hybridized carbons (Fsp3) is 0.0909. The highest BCUT2D eigenvalue weighted by molar-refractivity contribution is 6.99. The van der Waals surface area contributed by atoms with Gasteiger partial charge < -0.3 is 9.84 Å². The Morgan fingerprint density at radius 1 is 1.37 bits per heavy atom. The average molecular weight is 299 g/mol. The van der Waals surface area contributed by atoms with Crippen molar-refractivity contribution in [1.29, 1.82) is 0 Å². The molecule has 1 aromatic heterocycles. The Hall–Kier alpha value is -1.99. The van der Waals surface area contributed by atoms with E-state index in [0.29, 0.717) is 5.56 Å². The standard InChI is InChI=1S/C11H7ClN2O4S/c12-10-9(17)11(14-19-13-10)18-7-4-2-1-3-6(7)5-8(15)16/h1-4H,5H2,(H,15,16). The summed E-state index contributed by atoms with van der Waals surface area (Å²) in [7, 11) is 0. The molecule has 0 aliphatic rings. The molecule has 1 aromatic carbocycles. The minimum atomic E-state index is -0.998. The number of nitrogens with zero attached hydrogens (tertiary/aromatic N) is 2. The van der Waals surface area contributed by atoms with Crippen molar-refractivity contribution in [3.8, 4) is 11.6 Å². The van der Waals surface area contributed by atoms with Crippen LogP contribution in [-0.4, -0.2) is 19.8 Å². The van der Waals surface area contributed by atoms with Crippen molar-refractivity contribution in [1.82, 2.24) is 8.75 Å². The third-order valence-electron chi connectivity index (χ3n) is 2.15. The van der Waals surface area contributed by atoms with Gasteiger partial charge in [0.1, 0.15) is 5.75 Å². The highest BCUT2D eigenvalue weighted by Gasteiger charge is 2.13. The first-order chi connectivity index (χ1) is 9.08. The summed E-state index contributed by atoms with van der Waals surface area (Å²) in [5.74, 6) is -0.964. The summed E-state index contributed by atoms with van der Waals surface area (Å²) in [6.45, 7) is 0. The fourth-order valence-corrected chi connectivity index (χ4v) is 1.91. The third kappa shape index (κ3) is 3.27. The molecule has 0 saturated carbocycles. The summed E-state index contributed by atoms with van der Waals surface area (Å²) in [6, 6.07) is 6.49. The van der Waals surface area contributed by atoms with Crippen LogP contribution in [0.4, 0.5) is 0 Å². The fourth-order valence-electron chi connectivity index (χ4n) is 1.35. The molecule has 1 N–H and O–H groups in total. The van der Waals surface area contributed by atoms with E-state index in [4.69, 9.17) is 21.4 Å². The number of aromatic nitrogens is 2. The number of carboxylic acid groups (broad SMARTS) is 1. The number of carbonyl (C=O) groups is 1. The molecule has 0 fully saturated rings. The largest absolute Gasteiger partial charge is 0.481 e. The monoisotopic (exact) mass is 298 g/mol. The van der Waals surface area contributed by atoms with Crippen molar-refractivity contribution in [2.24, 2.45) is 0 Å². The first kappa shape index (κ1) is 13.4. The summed E-state index contributed by atoms with van der Waals surface area (Å²) in [5, 5.41) is 8.56. The molecule has 0 saturated heterocycles. The van der Waals surface area contributed by atoms with E-state index in [1.807, 2.05) is 0 Å². The Labute approximate surface area is 116 Å². The van der Waals surface area contributed by atoms with Crippen molar-refractivity contribution >= 4 is 29.3 Å². The van der Waals surface area contributed by atoms with Gasteiger partial charge in [-0.15, -0.1) is 4.37 Å². The second-order valence-electron chi connectivity index (χ2n) is 3.47. The van der Waals surface area contributed by atoms with Crippen LogP contribution in [0.2, 0.25) is 5.15 Å². The highest BCUT2D eigenvalue weighted by Crippen LogP contribution is 2.23. The lowest BCUT2D eigenvalue weighted by Gasteiger charge is -2.07. The molecular weight excluding hydrogens is 292 g/mol. The lowest BCUT2D eigenvalue weighted by atomic mass is 10.1. The van der Waals surface area contributed by atoms with Gasteiger partial charge in [0.05, 0.1) is 18.1 Å². The Morgan fingerprint density at radius 2 is 2.11 bits per heavy atom. The van der Waals surface area contributed by atoms with Crippen molar-refractivity contribution in [3.63, 3.8) is 0 Å². The number of hydrogen-bond donors (Lipinski definition) is 1.